The SMILES string of the molecule is CC(C)N1CCC(N2CCC(n3ccnn3)C2)CC1. The van der Waals surface area contributed by atoms with Crippen LogP contribution >= 0.6 is 0 Å². The van der Waals surface area contributed by atoms with Gasteiger partial charge < -0.3 is 4.90 Å². The highest BCUT2D eigenvalue weighted by Crippen LogP contribution is 2.27. The highest BCUT2D eigenvalue weighted by atomic mass is 15.4. The van der Waals surface area contributed by atoms with Gasteiger partial charge >= 0.3 is 0 Å². The van der Waals surface area contributed by atoms with E-state index in [1.807, 2.05) is 10.9 Å². The van der Waals surface area contributed by atoms with Crippen LogP contribution in [0.25, 0.3) is 0 Å². The summed E-state index contributed by atoms with van der Waals surface area (Å²) in [5.74, 6) is 0. The van der Waals surface area contributed by atoms with Crippen LogP contribution in [-0.2, 0) is 0 Å². The van der Waals surface area contributed by atoms with Crippen LogP contribution < -0.4 is 0 Å². The lowest BCUT2D eigenvalue weighted by Crippen LogP contribution is -2.46. The molecular formula is C14H25N5. The third-order valence-corrected chi connectivity index (χ3v) is 4.76. The Morgan fingerprint density at radius 1 is 1.05 bits per heavy atom. The van der Waals surface area contributed by atoms with E-state index in [2.05, 4.69) is 34.0 Å². The number of hydrogen-bond acceptors (Lipinski definition) is 4. The molecule has 19 heavy (non-hydrogen) atoms. The molecule has 0 bridgehead atoms. The Kier molecular flexibility index (Phi) is 3.84. The number of rotatable bonds is 3. The first kappa shape index (κ1) is 13.1. The van der Waals surface area contributed by atoms with Crippen molar-refractivity contribution in [1.29, 1.82) is 0 Å². The Balaban J connectivity index is 1.52. The van der Waals surface area contributed by atoms with Crippen molar-refractivity contribution in [2.75, 3.05) is 26.2 Å². The summed E-state index contributed by atoms with van der Waals surface area (Å²) in [5.41, 5.74) is 0. The number of nitrogens with zero attached hydrogens (tertiary/aromatic N) is 5. The van der Waals surface area contributed by atoms with Crippen LogP contribution in [0.2, 0.25) is 0 Å². The lowest BCUT2D eigenvalue weighted by Gasteiger charge is -2.38. The molecular weight excluding hydrogens is 238 g/mol. The molecule has 2 aliphatic heterocycles. The van der Waals surface area contributed by atoms with Crippen molar-refractivity contribution < 1.29 is 0 Å². The minimum Gasteiger partial charge on any atom is -0.301 e. The molecule has 1 unspecified atom stereocenters. The van der Waals surface area contributed by atoms with Gasteiger partial charge in [-0.3, -0.25) is 4.90 Å². The maximum atomic E-state index is 4.14. The Hall–Kier alpha value is -0.940. The normalized spacial score (nSPS) is 27.4. The minimum absolute atomic E-state index is 0.533. The molecule has 3 rings (SSSR count). The molecule has 1 atom stereocenters. The van der Waals surface area contributed by atoms with E-state index in [9.17, 15) is 0 Å². The second kappa shape index (κ2) is 5.59. The van der Waals surface area contributed by atoms with Gasteiger partial charge in [-0.1, -0.05) is 5.21 Å². The summed E-state index contributed by atoms with van der Waals surface area (Å²) in [6.45, 7) is 9.49. The second-order valence-corrected chi connectivity index (χ2v) is 6.18. The summed E-state index contributed by atoms with van der Waals surface area (Å²) in [6.07, 6.45) is 7.64. The molecule has 0 aliphatic carbocycles. The van der Waals surface area contributed by atoms with Gasteiger partial charge in [0.2, 0.25) is 0 Å². The van der Waals surface area contributed by atoms with Crippen molar-refractivity contribution in [3.05, 3.63) is 12.4 Å². The van der Waals surface area contributed by atoms with Crippen LogP contribution in [-0.4, -0.2) is 63.1 Å². The predicted octanol–water partition coefficient (Wildman–Crippen LogP) is 1.40. The van der Waals surface area contributed by atoms with E-state index < -0.39 is 0 Å². The van der Waals surface area contributed by atoms with Crippen LogP contribution in [0.4, 0.5) is 0 Å². The maximum Gasteiger partial charge on any atom is 0.0693 e. The molecule has 0 saturated carbocycles. The maximum absolute atomic E-state index is 4.14. The number of likely N-dealkylation sites (tertiary alicyclic amines) is 2. The fourth-order valence-electron chi connectivity index (χ4n) is 3.50. The molecule has 0 amide bonds. The Labute approximate surface area is 115 Å². The zero-order valence-corrected chi connectivity index (χ0v) is 12.1. The number of aromatic nitrogens is 3. The van der Waals surface area contributed by atoms with Crippen molar-refractivity contribution in [2.45, 2.75) is 51.2 Å². The third kappa shape index (κ3) is 2.82. The summed E-state index contributed by atoms with van der Waals surface area (Å²) in [4.78, 5) is 5.27. The van der Waals surface area contributed by atoms with Crippen LogP contribution in [0.1, 0.15) is 39.2 Å². The van der Waals surface area contributed by atoms with Gasteiger partial charge in [-0.15, -0.1) is 5.10 Å². The van der Waals surface area contributed by atoms with Crippen LogP contribution in [0, 0.1) is 0 Å². The van der Waals surface area contributed by atoms with Gasteiger partial charge in [-0.25, -0.2) is 4.68 Å². The first-order chi connectivity index (χ1) is 9.24. The van der Waals surface area contributed by atoms with E-state index in [1.165, 1.54) is 38.9 Å². The molecule has 2 saturated heterocycles. The zero-order valence-electron chi connectivity index (χ0n) is 12.1. The van der Waals surface area contributed by atoms with Gasteiger partial charge in [0, 0.05) is 31.4 Å². The van der Waals surface area contributed by atoms with Crippen LogP contribution in [0.3, 0.4) is 0 Å². The Bertz CT molecular complexity index is 381. The molecule has 1 aromatic rings. The molecule has 5 nitrogen and oxygen atoms in total. The topological polar surface area (TPSA) is 37.2 Å². The Morgan fingerprint density at radius 2 is 1.79 bits per heavy atom. The molecule has 2 aliphatic rings. The van der Waals surface area contributed by atoms with E-state index in [0.29, 0.717) is 12.1 Å². The molecule has 3 heterocycles. The Morgan fingerprint density at radius 3 is 2.42 bits per heavy atom. The van der Waals surface area contributed by atoms with Crippen molar-refractivity contribution in [1.82, 2.24) is 24.8 Å². The van der Waals surface area contributed by atoms with Crippen molar-refractivity contribution >= 4 is 0 Å². The van der Waals surface area contributed by atoms with Gasteiger partial charge in [0.15, 0.2) is 0 Å². The highest BCUT2D eigenvalue weighted by molar-refractivity contribution is 4.88. The largest absolute Gasteiger partial charge is 0.301 e. The minimum atomic E-state index is 0.533. The van der Waals surface area contributed by atoms with E-state index in [0.717, 1.165) is 12.6 Å². The van der Waals surface area contributed by atoms with Crippen LogP contribution in [0.5, 0.6) is 0 Å². The summed E-state index contributed by atoms with van der Waals surface area (Å²) in [7, 11) is 0. The van der Waals surface area contributed by atoms with Gasteiger partial charge in [0.05, 0.1) is 12.2 Å². The van der Waals surface area contributed by atoms with Gasteiger partial charge in [-0.2, -0.15) is 0 Å². The number of piperidine rings is 1. The monoisotopic (exact) mass is 263 g/mol. The first-order valence-corrected chi connectivity index (χ1v) is 7.58. The fourth-order valence-corrected chi connectivity index (χ4v) is 3.50. The standard InChI is InChI=1S/C14H25N5/c1-12(2)17-7-3-13(4-8-17)18-9-5-14(11-18)19-10-6-15-16-19/h6,10,12-14H,3-5,7-9,11H2,1-2H3. The van der Waals surface area contributed by atoms with Gasteiger partial charge in [0.25, 0.3) is 0 Å². The van der Waals surface area contributed by atoms with Gasteiger partial charge in [0.1, 0.15) is 0 Å². The molecule has 0 aromatic carbocycles. The zero-order chi connectivity index (χ0) is 13.2. The molecule has 0 N–H and O–H groups in total. The number of hydrogen-bond donors (Lipinski definition) is 0. The lowest BCUT2D eigenvalue weighted by molar-refractivity contribution is 0.104. The molecule has 5 heteroatoms. The summed E-state index contributed by atoms with van der Waals surface area (Å²) in [5, 5.41) is 8.07. The highest BCUT2D eigenvalue weighted by Gasteiger charge is 2.31. The molecule has 0 radical (unpaired) electrons. The lowest BCUT2D eigenvalue weighted by atomic mass is 10.0. The van der Waals surface area contributed by atoms with Crippen LogP contribution in [0.15, 0.2) is 12.4 Å². The predicted molar refractivity (Wildman–Crippen MR) is 75.0 cm³/mol. The average Bonchev–Trinajstić information content (AvgIpc) is 3.10. The summed E-state index contributed by atoms with van der Waals surface area (Å²) >= 11 is 0. The first-order valence-electron chi connectivity index (χ1n) is 7.58. The fraction of sp³-hybridized carbons (Fsp3) is 0.857. The van der Waals surface area contributed by atoms with Crippen molar-refractivity contribution in [2.24, 2.45) is 0 Å². The molecule has 0 spiro atoms. The van der Waals surface area contributed by atoms with E-state index in [4.69, 9.17) is 0 Å². The third-order valence-electron chi connectivity index (χ3n) is 4.76. The summed E-state index contributed by atoms with van der Waals surface area (Å²) in [6, 6.07) is 2.01. The quantitative estimate of drug-likeness (QED) is 0.826. The van der Waals surface area contributed by atoms with E-state index >= 15 is 0 Å². The average molecular weight is 263 g/mol. The van der Waals surface area contributed by atoms with E-state index in [1.54, 1.807) is 6.20 Å². The summed E-state index contributed by atoms with van der Waals surface area (Å²) < 4.78 is 2.03. The second-order valence-electron chi connectivity index (χ2n) is 6.18. The smallest absolute Gasteiger partial charge is 0.0693 e. The van der Waals surface area contributed by atoms with Crippen molar-refractivity contribution in [3.63, 3.8) is 0 Å². The molecule has 1 aromatic heterocycles. The van der Waals surface area contributed by atoms with Gasteiger partial charge in [-0.05, 0) is 46.2 Å². The molecule has 2 fully saturated rings. The van der Waals surface area contributed by atoms with Crippen molar-refractivity contribution in [3.8, 4) is 0 Å². The molecule has 106 valence electrons. The van der Waals surface area contributed by atoms with E-state index in [-0.39, 0.29) is 0 Å².